The van der Waals surface area contributed by atoms with Crippen molar-refractivity contribution in [3.8, 4) is 11.5 Å². The summed E-state index contributed by atoms with van der Waals surface area (Å²) in [5.41, 5.74) is 0.339. The predicted octanol–water partition coefficient (Wildman–Crippen LogP) is 5.25. The molecule has 3 aromatic rings. The SMILES string of the molecule is CCOc1ccc2c(c1)n(C13CC4CC(CC(C4)C1)C3)c(=O)n2S(=O)(=O)c1ccc(NC(=O)N(CC)CC)cc1OC. The standard InChI is InChI=1S/C31H40N4O6S/c1-5-33(6-2)29(36)32-23-8-11-28(27(15-23)40-4)42(38,39)35-25-10-9-24(41-7-3)16-26(25)34(30(35)37)31-17-20-12-21(18-31)14-22(13-20)19-31/h8-11,15-16,20-22H,5-7,12-14,17-19H2,1-4H3,(H,32,36). The molecule has 0 atom stereocenters. The van der Waals surface area contributed by atoms with Crippen molar-refractivity contribution in [2.24, 2.45) is 17.8 Å². The van der Waals surface area contributed by atoms with E-state index in [9.17, 15) is 18.0 Å². The number of amides is 2. The number of ether oxygens (including phenoxy) is 2. The number of imidazole rings is 1. The quantitative estimate of drug-likeness (QED) is 0.361. The lowest BCUT2D eigenvalue weighted by molar-refractivity contribution is -0.0426. The van der Waals surface area contributed by atoms with Crippen LogP contribution in [0.15, 0.2) is 46.1 Å². The summed E-state index contributed by atoms with van der Waals surface area (Å²) in [6.45, 7) is 7.19. The molecule has 4 saturated carbocycles. The van der Waals surface area contributed by atoms with Crippen molar-refractivity contribution in [3.05, 3.63) is 46.9 Å². The van der Waals surface area contributed by atoms with Gasteiger partial charge in [-0.05, 0) is 101 Å². The lowest BCUT2D eigenvalue weighted by atomic mass is 9.53. The summed E-state index contributed by atoms with van der Waals surface area (Å²) in [6, 6.07) is 9.29. The van der Waals surface area contributed by atoms with E-state index >= 15 is 0 Å². The van der Waals surface area contributed by atoms with Crippen molar-refractivity contribution in [2.75, 3.05) is 32.1 Å². The fourth-order valence-corrected chi connectivity index (χ4v) is 9.74. The zero-order chi connectivity index (χ0) is 29.8. The molecule has 4 bridgehead atoms. The molecule has 10 nitrogen and oxygen atoms in total. The number of hydrogen-bond donors (Lipinski definition) is 1. The van der Waals surface area contributed by atoms with E-state index in [1.54, 1.807) is 21.6 Å². The lowest BCUT2D eigenvalue weighted by Gasteiger charge is -2.57. The third-order valence-corrected chi connectivity index (χ3v) is 11.3. The summed E-state index contributed by atoms with van der Waals surface area (Å²) in [7, 11) is -3.02. The van der Waals surface area contributed by atoms with Gasteiger partial charge in [0.1, 0.15) is 16.4 Å². The summed E-state index contributed by atoms with van der Waals surface area (Å²) >= 11 is 0. The number of hydrogen-bond acceptors (Lipinski definition) is 6. The summed E-state index contributed by atoms with van der Waals surface area (Å²) in [5, 5.41) is 2.80. The van der Waals surface area contributed by atoms with E-state index < -0.39 is 21.3 Å². The van der Waals surface area contributed by atoms with Gasteiger partial charge in [-0.1, -0.05) is 0 Å². The number of nitrogens with one attached hydrogen (secondary N) is 1. The van der Waals surface area contributed by atoms with E-state index in [0.717, 1.165) is 23.2 Å². The second-order valence-electron chi connectivity index (χ2n) is 12.1. The highest BCUT2D eigenvalue weighted by Crippen LogP contribution is 2.59. The Bertz CT molecular complexity index is 1650. The first-order chi connectivity index (χ1) is 20.1. The third-order valence-electron chi connectivity index (χ3n) is 9.55. The van der Waals surface area contributed by atoms with Gasteiger partial charge in [0.25, 0.3) is 10.0 Å². The molecule has 1 N–H and O–H groups in total. The third kappa shape index (κ3) is 4.56. The van der Waals surface area contributed by atoms with E-state index in [1.807, 2.05) is 26.8 Å². The van der Waals surface area contributed by atoms with Gasteiger partial charge in [0, 0.05) is 30.9 Å². The summed E-state index contributed by atoms with van der Waals surface area (Å²) in [6.07, 6.45) is 6.26. The smallest absolute Gasteiger partial charge is 0.343 e. The highest BCUT2D eigenvalue weighted by Gasteiger charge is 2.53. The summed E-state index contributed by atoms with van der Waals surface area (Å²) in [4.78, 5) is 28.5. The van der Waals surface area contributed by atoms with Crippen LogP contribution in [0.3, 0.4) is 0 Å². The van der Waals surface area contributed by atoms with Crippen LogP contribution in [0, 0.1) is 17.8 Å². The number of aromatic nitrogens is 2. The molecular formula is C31H40N4O6S. The Morgan fingerprint density at radius 1 is 0.976 bits per heavy atom. The molecule has 7 rings (SSSR count). The molecule has 226 valence electrons. The van der Waals surface area contributed by atoms with Gasteiger partial charge in [-0.2, -0.15) is 3.97 Å². The predicted molar refractivity (Wildman–Crippen MR) is 161 cm³/mol. The number of fused-ring (bicyclic) bond motifs is 1. The van der Waals surface area contributed by atoms with E-state index in [-0.39, 0.29) is 16.7 Å². The highest BCUT2D eigenvalue weighted by molar-refractivity contribution is 7.90. The minimum absolute atomic E-state index is 0.0425. The second kappa shape index (κ2) is 10.7. The van der Waals surface area contributed by atoms with Crippen molar-refractivity contribution in [1.29, 1.82) is 0 Å². The number of nitrogens with zero attached hydrogens (tertiary/aromatic N) is 3. The zero-order valence-corrected chi connectivity index (χ0v) is 25.6. The molecule has 4 aliphatic rings. The van der Waals surface area contributed by atoms with Crippen molar-refractivity contribution in [2.45, 2.75) is 69.7 Å². The molecule has 0 spiro atoms. The molecule has 2 amide bonds. The average Bonchev–Trinajstić information content (AvgIpc) is 3.25. The van der Waals surface area contributed by atoms with Crippen LogP contribution in [-0.2, 0) is 15.6 Å². The van der Waals surface area contributed by atoms with Crippen LogP contribution in [0.25, 0.3) is 11.0 Å². The first-order valence-corrected chi connectivity index (χ1v) is 16.5. The van der Waals surface area contributed by atoms with E-state index in [2.05, 4.69) is 5.32 Å². The lowest BCUT2D eigenvalue weighted by Crippen LogP contribution is -2.54. The van der Waals surface area contributed by atoms with Gasteiger partial charge >= 0.3 is 11.7 Å². The number of methoxy groups -OCH3 is 1. The van der Waals surface area contributed by atoms with Crippen LogP contribution < -0.4 is 20.5 Å². The minimum atomic E-state index is -4.39. The van der Waals surface area contributed by atoms with Crippen LogP contribution in [-0.4, -0.2) is 54.7 Å². The summed E-state index contributed by atoms with van der Waals surface area (Å²) < 4.78 is 42.8. The molecule has 0 aliphatic heterocycles. The first-order valence-electron chi connectivity index (χ1n) is 15.0. The number of carbonyl (C=O) groups excluding carboxylic acids is 1. The van der Waals surface area contributed by atoms with Gasteiger partial charge in [-0.15, -0.1) is 0 Å². The Balaban J connectivity index is 1.49. The number of rotatable bonds is 9. The Morgan fingerprint density at radius 2 is 1.62 bits per heavy atom. The normalized spacial score (nSPS) is 24.6. The average molecular weight is 597 g/mol. The maximum Gasteiger partial charge on any atom is 0.343 e. The van der Waals surface area contributed by atoms with E-state index in [1.165, 1.54) is 44.6 Å². The van der Waals surface area contributed by atoms with Crippen molar-refractivity contribution in [3.63, 3.8) is 0 Å². The Kier molecular flexibility index (Phi) is 7.27. The molecule has 0 radical (unpaired) electrons. The fraction of sp³-hybridized carbons (Fsp3) is 0.548. The topological polar surface area (TPSA) is 112 Å². The molecular weight excluding hydrogens is 556 g/mol. The van der Waals surface area contributed by atoms with Gasteiger partial charge < -0.3 is 19.7 Å². The van der Waals surface area contributed by atoms with Crippen LogP contribution in [0.1, 0.15) is 59.3 Å². The van der Waals surface area contributed by atoms with Crippen molar-refractivity contribution < 1.29 is 22.7 Å². The van der Waals surface area contributed by atoms with Crippen molar-refractivity contribution in [1.82, 2.24) is 13.4 Å². The first kappa shape index (κ1) is 28.6. The maximum absolute atomic E-state index is 14.4. The van der Waals surface area contributed by atoms with Gasteiger partial charge in [0.15, 0.2) is 0 Å². The molecule has 11 heteroatoms. The maximum atomic E-state index is 14.4. The molecule has 0 unspecified atom stereocenters. The Labute approximate surface area is 246 Å². The monoisotopic (exact) mass is 596 g/mol. The number of urea groups is 1. The molecule has 1 heterocycles. The summed E-state index contributed by atoms with van der Waals surface area (Å²) in [5.74, 6) is 2.33. The number of benzene rings is 2. The van der Waals surface area contributed by atoms with Crippen molar-refractivity contribution >= 4 is 32.8 Å². The van der Waals surface area contributed by atoms with E-state index in [0.29, 0.717) is 59.9 Å². The molecule has 1 aromatic heterocycles. The molecule has 4 fully saturated rings. The molecule has 4 aliphatic carbocycles. The van der Waals surface area contributed by atoms with Gasteiger partial charge in [0.2, 0.25) is 0 Å². The Hall–Kier alpha value is -3.47. The second-order valence-corrected chi connectivity index (χ2v) is 13.8. The number of carbonyl (C=O) groups is 1. The van der Waals surface area contributed by atoms with Gasteiger partial charge in [-0.25, -0.2) is 18.0 Å². The zero-order valence-electron chi connectivity index (χ0n) is 24.8. The molecule has 42 heavy (non-hydrogen) atoms. The van der Waals surface area contributed by atoms with Crippen LogP contribution in [0.2, 0.25) is 0 Å². The van der Waals surface area contributed by atoms with Gasteiger partial charge in [0.05, 0.1) is 30.3 Å². The van der Waals surface area contributed by atoms with Crippen LogP contribution in [0.4, 0.5) is 10.5 Å². The number of anilines is 1. The van der Waals surface area contributed by atoms with E-state index in [4.69, 9.17) is 9.47 Å². The van der Waals surface area contributed by atoms with Crippen LogP contribution in [0.5, 0.6) is 11.5 Å². The molecule has 0 saturated heterocycles. The van der Waals surface area contributed by atoms with Gasteiger partial charge in [-0.3, -0.25) is 4.57 Å². The Morgan fingerprint density at radius 3 is 2.19 bits per heavy atom. The largest absolute Gasteiger partial charge is 0.495 e. The molecule has 2 aromatic carbocycles. The fourth-order valence-electron chi connectivity index (χ4n) is 8.21. The van der Waals surface area contributed by atoms with Crippen LogP contribution >= 0.6 is 0 Å². The minimum Gasteiger partial charge on any atom is -0.495 e. The highest BCUT2D eigenvalue weighted by atomic mass is 32.2.